The molecule has 0 heterocycles. The predicted octanol–water partition coefficient (Wildman–Crippen LogP) is 4.87. The number of thioether (sulfide) groups is 1. The summed E-state index contributed by atoms with van der Waals surface area (Å²) in [6.45, 7) is 0. The third kappa shape index (κ3) is 2.83. The number of nitriles is 1. The van der Waals surface area contributed by atoms with E-state index >= 15 is 0 Å². The van der Waals surface area contributed by atoms with Crippen LogP contribution in [0.1, 0.15) is 28.9 Å². The fraction of sp³-hybridized carbons (Fsp3) is 0.235. The number of fused-ring (bicyclic) bond motifs is 1. The van der Waals surface area contributed by atoms with E-state index in [-0.39, 0.29) is 28.2 Å². The second-order valence-corrected chi connectivity index (χ2v) is 6.35. The minimum Gasteiger partial charge on any atom is -0.457 e. The van der Waals surface area contributed by atoms with E-state index in [4.69, 9.17) is 15.7 Å². The van der Waals surface area contributed by atoms with Crippen LogP contribution in [0.4, 0.5) is 17.6 Å². The van der Waals surface area contributed by atoms with Gasteiger partial charge in [0, 0.05) is 16.5 Å². The monoisotopic (exact) mass is 368 g/mol. The first-order valence-electron chi connectivity index (χ1n) is 7.16. The molecule has 0 saturated heterocycles. The molecular weight excluding hydrogens is 356 g/mol. The largest absolute Gasteiger partial charge is 0.457 e. The number of hydrogen-bond donors (Lipinski definition) is 1. The molecule has 0 aliphatic heterocycles. The molecule has 2 atom stereocenters. The summed E-state index contributed by atoms with van der Waals surface area (Å²) in [5.41, 5.74) is 5.20. The molecule has 0 spiro atoms. The van der Waals surface area contributed by atoms with Gasteiger partial charge in [0.05, 0.1) is 17.7 Å². The van der Waals surface area contributed by atoms with Crippen LogP contribution in [-0.4, -0.2) is 12.2 Å². The summed E-state index contributed by atoms with van der Waals surface area (Å²) in [5.74, 6) is -4.77. The average molecular weight is 368 g/mol. The van der Waals surface area contributed by atoms with Crippen molar-refractivity contribution in [3.63, 3.8) is 0 Å². The molecule has 3 rings (SSSR count). The Balaban J connectivity index is 2.12. The van der Waals surface area contributed by atoms with Crippen molar-refractivity contribution < 1.29 is 22.3 Å². The van der Waals surface area contributed by atoms with E-state index in [1.807, 2.05) is 0 Å². The van der Waals surface area contributed by atoms with E-state index in [9.17, 15) is 17.6 Å². The zero-order valence-electron chi connectivity index (χ0n) is 12.9. The van der Waals surface area contributed by atoms with Crippen molar-refractivity contribution in [3.8, 4) is 17.6 Å². The highest BCUT2D eigenvalue weighted by Crippen LogP contribution is 2.56. The molecule has 1 aliphatic rings. The molecule has 0 radical (unpaired) electrons. The van der Waals surface area contributed by atoms with Crippen LogP contribution in [0.3, 0.4) is 0 Å². The molecule has 0 bridgehead atoms. The highest BCUT2D eigenvalue weighted by atomic mass is 32.2. The lowest BCUT2D eigenvalue weighted by atomic mass is 10.1. The highest BCUT2D eigenvalue weighted by Gasteiger charge is 2.57. The fourth-order valence-electron chi connectivity index (χ4n) is 2.80. The van der Waals surface area contributed by atoms with Crippen LogP contribution in [-0.2, 0) is 0 Å². The van der Waals surface area contributed by atoms with Crippen molar-refractivity contribution in [2.45, 2.75) is 23.0 Å². The summed E-state index contributed by atoms with van der Waals surface area (Å²) in [5, 5.41) is 8.87. The van der Waals surface area contributed by atoms with Crippen molar-refractivity contribution >= 4 is 11.8 Å². The Morgan fingerprint density at radius 1 is 1.24 bits per heavy atom. The minimum absolute atomic E-state index is 0.00814. The Morgan fingerprint density at radius 2 is 1.96 bits per heavy atom. The smallest absolute Gasteiger partial charge is 0.301 e. The normalized spacial score (nSPS) is 20.8. The quantitative estimate of drug-likeness (QED) is 0.620. The summed E-state index contributed by atoms with van der Waals surface area (Å²) >= 11 is 1.17. The van der Waals surface area contributed by atoms with E-state index < -0.39 is 24.0 Å². The maximum Gasteiger partial charge on any atom is 0.301 e. The number of nitrogens with two attached hydrogens (primary N) is 1. The van der Waals surface area contributed by atoms with Crippen molar-refractivity contribution in [1.29, 1.82) is 5.26 Å². The molecule has 1 aliphatic carbocycles. The minimum atomic E-state index is -3.77. The molecule has 130 valence electrons. The lowest BCUT2D eigenvalue weighted by molar-refractivity contribution is -0.0813. The third-order valence-electron chi connectivity index (χ3n) is 3.97. The molecule has 3 nitrogen and oxygen atoms in total. The van der Waals surface area contributed by atoms with Crippen molar-refractivity contribution in [2.24, 2.45) is 5.73 Å². The van der Waals surface area contributed by atoms with Gasteiger partial charge in [-0.05, 0) is 36.1 Å². The van der Waals surface area contributed by atoms with Crippen molar-refractivity contribution in [3.05, 3.63) is 52.8 Å². The molecule has 2 N–H and O–H groups in total. The van der Waals surface area contributed by atoms with Gasteiger partial charge in [-0.25, -0.2) is 17.6 Å². The van der Waals surface area contributed by atoms with Crippen LogP contribution in [0.5, 0.6) is 11.5 Å². The number of halogens is 4. The first-order valence-corrected chi connectivity index (χ1v) is 8.38. The molecule has 8 heteroatoms. The molecule has 0 amide bonds. The van der Waals surface area contributed by atoms with E-state index in [0.717, 1.165) is 12.1 Å². The maximum atomic E-state index is 14.4. The first kappa shape index (κ1) is 17.6. The zero-order valence-corrected chi connectivity index (χ0v) is 13.7. The Labute approximate surface area is 145 Å². The van der Waals surface area contributed by atoms with Crippen LogP contribution < -0.4 is 10.5 Å². The Kier molecular flexibility index (Phi) is 4.39. The first-order chi connectivity index (χ1) is 11.8. The highest BCUT2D eigenvalue weighted by molar-refractivity contribution is 7.98. The van der Waals surface area contributed by atoms with E-state index in [1.165, 1.54) is 30.0 Å². The van der Waals surface area contributed by atoms with Crippen LogP contribution >= 0.6 is 11.8 Å². The van der Waals surface area contributed by atoms with E-state index in [1.54, 1.807) is 12.3 Å². The summed E-state index contributed by atoms with van der Waals surface area (Å²) < 4.78 is 61.5. The van der Waals surface area contributed by atoms with E-state index in [2.05, 4.69) is 0 Å². The zero-order chi connectivity index (χ0) is 18.4. The van der Waals surface area contributed by atoms with Gasteiger partial charge in [0.2, 0.25) is 0 Å². The van der Waals surface area contributed by atoms with Gasteiger partial charge in [0.25, 0.3) is 0 Å². The van der Waals surface area contributed by atoms with Gasteiger partial charge in [-0.15, -0.1) is 11.8 Å². The van der Waals surface area contributed by atoms with Crippen LogP contribution in [0.15, 0.2) is 35.2 Å². The topological polar surface area (TPSA) is 59.0 Å². The van der Waals surface area contributed by atoms with Gasteiger partial charge in [0.15, 0.2) is 6.17 Å². The molecule has 25 heavy (non-hydrogen) atoms. The number of nitrogens with zero attached hydrogens (tertiary/aromatic N) is 1. The lowest BCUT2D eigenvalue weighted by Crippen LogP contribution is -2.30. The second-order valence-electron chi connectivity index (χ2n) is 5.50. The number of hydrogen-bond acceptors (Lipinski definition) is 4. The fourth-order valence-corrected chi connectivity index (χ4v) is 3.46. The van der Waals surface area contributed by atoms with Crippen LogP contribution in [0.2, 0.25) is 0 Å². The summed E-state index contributed by atoms with van der Waals surface area (Å²) in [7, 11) is 0. The number of ether oxygens (including phenoxy) is 1. The number of alkyl halides is 3. The van der Waals surface area contributed by atoms with Gasteiger partial charge in [0.1, 0.15) is 17.3 Å². The molecule has 2 unspecified atom stereocenters. The predicted molar refractivity (Wildman–Crippen MR) is 85.1 cm³/mol. The molecule has 2 aromatic carbocycles. The Morgan fingerprint density at radius 3 is 2.60 bits per heavy atom. The van der Waals surface area contributed by atoms with Gasteiger partial charge in [-0.3, -0.25) is 0 Å². The van der Waals surface area contributed by atoms with Gasteiger partial charge >= 0.3 is 5.92 Å². The van der Waals surface area contributed by atoms with Crippen molar-refractivity contribution in [1.82, 2.24) is 0 Å². The Hall–Kier alpha value is -2.24. The van der Waals surface area contributed by atoms with E-state index in [0.29, 0.717) is 4.90 Å². The van der Waals surface area contributed by atoms with Crippen LogP contribution in [0.25, 0.3) is 0 Å². The molecule has 0 fully saturated rings. The molecule has 0 aromatic heterocycles. The standard InChI is InChI=1S/C17H12F4N2OS/c1-25-12-3-2-11(13-14(12)16(23)17(20,21)15(13)19)24-10-5-8(7-22)4-9(18)6-10/h2-6,15-16H,23H2,1H3. The Bertz CT molecular complexity index is 882. The maximum absolute atomic E-state index is 14.4. The molecule has 2 aromatic rings. The van der Waals surface area contributed by atoms with Crippen LogP contribution in [0, 0.1) is 17.1 Å². The SMILES string of the molecule is CSc1ccc(Oc2cc(F)cc(C#N)c2)c2c1C(N)C(F)(F)C2F. The number of rotatable bonds is 3. The van der Waals surface area contributed by atoms with Gasteiger partial charge < -0.3 is 10.5 Å². The van der Waals surface area contributed by atoms with Gasteiger partial charge in [-0.2, -0.15) is 5.26 Å². The number of benzene rings is 2. The third-order valence-corrected chi connectivity index (χ3v) is 4.77. The summed E-state index contributed by atoms with van der Waals surface area (Å²) in [4.78, 5) is 0.423. The average Bonchev–Trinajstić information content (AvgIpc) is 2.76. The molecule has 0 saturated carbocycles. The summed E-state index contributed by atoms with van der Waals surface area (Å²) in [6, 6.07) is 6.00. The lowest BCUT2D eigenvalue weighted by Gasteiger charge is -2.17. The van der Waals surface area contributed by atoms with Gasteiger partial charge in [-0.1, -0.05) is 0 Å². The summed E-state index contributed by atoms with van der Waals surface area (Å²) in [6.07, 6.45) is -0.971. The van der Waals surface area contributed by atoms with Crippen molar-refractivity contribution in [2.75, 3.05) is 6.26 Å². The second kappa shape index (κ2) is 6.24. The molecular formula is C17H12F4N2OS.